The largest absolute Gasteiger partial charge is 0.486 e. The minimum Gasteiger partial charge on any atom is -0.486 e. The predicted octanol–water partition coefficient (Wildman–Crippen LogP) is 4.75. The van der Waals surface area contributed by atoms with Gasteiger partial charge < -0.3 is 19.4 Å². The van der Waals surface area contributed by atoms with Gasteiger partial charge in [-0.05, 0) is 42.5 Å². The number of nitrogens with zero attached hydrogens (tertiary/aromatic N) is 3. The van der Waals surface area contributed by atoms with Crippen LogP contribution in [0, 0.1) is 0 Å². The Morgan fingerprint density at radius 1 is 1.00 bits per heavy atom. The Labute approximate surface area is 185 Å². The van der Waals surface area contributed by atoms with Gasteiger partial charge in [-0.2, -0.15) is 0 Å². The summed E-state index contributed by atoms with van der Waals surface area (Å²) in [7, 11) is 0. The molecule has 4 aromatic rings. The van der Waals surface area contributed by atoms with Crippen LogP contribution in [0.1, 0.15) is 5.56 Å². The highest BCUT2D eigenvalue weighted by molar-refractivity contribution is 6.30. The van der Waals surface area contributed by atoms with Crippen molar-refractivity contribution in [1.82, 2.24) is 14.9 Å². The Morgan fingerprint density at radius 2 is 1.84 bits per heavy atom. The molecule has 0 bridgehead atoms. The molecule has 156 valence electrons. The normalized spacial score (nSPS) is 15.3. The molecule has 0 saturated carbocycles. The van der Waals surface area contributed by atoms with Gasteiger partial charge in [0.25, 0.3) is 0 Å². The minimum absolute atomic E-state index is 0.414. The Morgan fingerprint density at radius 3 is 2.68 bits per heavy atom. The fraction of sp³-hybridized carbons (Fsp3) is 0.208. The average molecular weight is 433 g/mol. The Hall–Kier alpha value is -3.22. The lowest BCUT2D eigenvalue weighted by Gasteiger charge is -2.30. The number of benzene rings is 2. The molecule has 1 fully saturated rings. The number of imidazole rings is 1. The van der Waals surface area contributed by atoms with Crippen LogP contribution in [0.15, 0.2) is 65.3 Å². The van der Waals surface area contributed by atoms with Gasteiger partial charge >= 0.3 is 0 Å². The third-order valence-corrected chi connectivity index (χ3v) is 6.10. The number of piperazine rings is 1. The molecule has 31 heavy (non-hydrogen) atoms. The highest BCUT2D eigenvalue weighted by atomic mass is 35.5. The monoisotopic (exact) mass is 432 g/mol. The number of hydrogen-bond acceptors (Lipinski definition) is 5. The molecule has 0 radical (unpaired) electrons. The average Bonchev–Trinajstić information content (AvgIpc) is 3.44. The van der Waals surface area contributed by atoms with Gasteiger partial charge in [-0.15, -0.1) is 0 Å². The molecule has 0 aliphatic carbocycles. The van der Waals surface area contributed by atoms with Gasteiger partial charge in [-0.3, -0.25) is 4.57 Å². The van der Waals surface area contributed by atoms with E-state index in [1.165, 1.54) is 5.69 Å². The molecule has 7 heteroatoms. The van der Waals surface area contributed by atoms with E-state index in [4.69, 9.17) is 20.8 Å². The highest BCUT2D eigenvalue weighted by Gasteiger charge is 2.24. The molecule has 0 spiro atoms. The van der Waals surface area contributed by atoms with E-state index in [2.05, 4.69) is 33.4 Å². The lowest BCUT2D eigenvalue weighted by atomic mass is 10.1. The molecule has 2 aliphatic rings. The molecule has 2 aromatic heterocycles. The number of furan rings is 1. The van der Waals surface area contributed by atoms with Gasteiger partial charge in [0, 0.05) is 66.5 Å². The van der Waals surface area contributed by atoms with Gasteiger partial charge in [0.1, 0.15) is 18.1 Å². The minimum atomic E-state index is 0.414. The molecule has 2 aromatic carbocycles. The standard InChI is InChI=1S/C24H21ClN4O2/c25-18-3-1-16(2-4-18)21-13-17-15-30-22-14-19(28-10-7-26-8-11-28)5-6-20(22)29-12-9-27-24(29)23(17)31-21/h1-6,9,12-14,26H,7-8,10-11,15H2. The van der Waals surface area contributed by atoms with Crippen molar-refractivity contribution in [3.05, 3.63) is 71.5 Å². The van der Waals surface area contributed by atoms with Crippen LogP contribution in [0.4, 0.5) is 5.69 Å². The zero-order valence-corrected chi connectivity index (χ0v) is 17.6. The first-order valence-electron chi connectivity index (χ1n) is 10.4. The molecule has 6 rings (SSSR count). The van der Waals surface area contributed by atoms with E-state index in [9.17, 15) is 0 Å². The summed E-state index contributed by atoms with van der Waals surface area (Å²) in [4.78, 5) is 6.99. The summed E-state index contributed by atoms with van der Waals surface area (Å²) < 4.78 is 14.6. The summed E-state index contributed by atoms with van der Waals surface area (Å²) in [6.45, 7) is 4.39. The van der Waals surface area contributed by atoms with Gasteiger partial charge in [0.05, 0.1) is 5.69 Å². The van der Waals surface area contributed by atoms with Crippen LogP contribution in [-0.4, -0.2) is 35.7 Å². The molecule has 1 N–H and O–H groups in total. The summed E-state index contributed by atoms with van der Waals surface area (Å²) in [6, 6.07) is 16.1. The lowest BCUT2D eigenvalue weighted by molar-refractivity contribution is 0.303. The first kappa shape index (κ1) is 18.5. The second-order valence-corrected chi connectivity index (χ2v) is 8.21. The number of hydrogen-bond donors (Lipinski definition) is 1. The van der Waals surface area contributed by atoms with E-state index in [0.717, 1.165) is 66.1 Å². The van der Waals surface area contributed by atoms with Crippen molar-refractivity contribution in [3.8, 4) is 34.3 Å². The van der Waals surface area contributed by atoms with Gasteiger partial charge in [0.2, 0.25) is 0 Å². The lowest BCUT2D eigenvalue weighted by Crippen LogP contribution is -2.43. The maximum absolute atomic E-state index is 6.31. The topological polar surface area (TPSA) is 55.5 Å². The van der Waals surface area contributed by atoms with E-state index in [1.54, 1.807) is 6.20 Å². The fourth-order valence-corrected chi connectivity index (χ4v) is 4.37. The van der Waals surface area contributed by atoms with Gasteiger partial charge in [0.15, 0.2) is 11.6 Å². The fourth-order valence-electron chi connectivity index (χ4n) is 4.24. The second kappa shape index (κ2) is 7.48. The highest BCUT2D eigenvalue weighted by Crippen LogP contribution is 2.39. The molecular weight excluding hydrogens is 412 g/mol. The van der Waals surface area contributed by atoms with Crippen LogP contribution >= 0.6 is 11.6 Å². The van der Waals surface area contributed by atoms with Crippen molar-refractivity contribution in [3.63, 3.8) is 0 Å². The molecule has 0 amide bonds. The summed E-state index contributed by atoms with van der Waals surface area (Å²) in [6.07, 6.45) is 3.74. The third-order valence-electron chi connectivity index (χ3n) is 5.85. The van der Waals surface area contributed by atoms with E-state index < -0.39 is 0 Å². The first-order chi connectivity index (χ1) is 15.3. The van der Waals surface area contributed by atoms with Crippen LogP contribution in [0.5, 0.6) is 5.75 Å². The number of rotatable bonds is 2. The summed E-state index contributed by atoms with van der Waals surface area (Å²) in [5, 5.41) is 4.10. The number of anilines is 1. The van der Waals surface area contributed by atoms with E-state index in [1.807, 2.05) is 41.1 Å². The van der Waals surface area contributed by atoms with Gasteiger partial charge in [-0.1, -0.05) is 11.6 Å². The molecule has 2 aliphatic heterocycles. The van der Waals surface area contributed by atoms with Crippen molar-refractivity contribution in [1.29, 1.82) is 0 Å². The van der Waals surface area contributed by atoms with Crippen LogP contribution < -0.4 is 15.0 Å². The Bertz CT molecular complexity index is 1240. The SMILES string of the molecule is Clc1ccc(-c2cc3c(o2)-c2nccn2-c2ccc(N4CCNCC4)cc2OC3)cc1. The number of fused-ring (bicyclic) bond motifs is 5. The van der Waals surface area contributed by atoms with E-state index >= 15 is 0 Å². The summed E-state index contributed by atoms with van der Waals surface area (Å²) in [5.41, 5.74) is 4.07. The Kier molecular flexibility index (Phi) is 4.47. The van der Waals surface area contributed by atoms with Crippen molar-refractivity contribution in [2.75, 3.05) is 31.1 Å². The van der Waals surface area contributed by atoms with Crippen LogP contribution in [-0.2, 0) is 6.61 Å². The van der Waals surface area contributed by atoms with Crippen molar-refractivity contribution in [2.24, 2.45) is 0 Å². The van der Waals surface area contributed by atoms with Crippen LogP contribution in [0.25, 0.3) is 28.6 Å². The molecule has 0 atom stereocenters. The number of ether oxygens (including phenoxy) is 1. The quantitative estimate of drug-likeness (QED) is 0.495. The van der Waals surface area contributed by atoms with Crippen LogP contribution in [0.2, 0.25) is 5.02 Å². The molecule has 6 nitrogen and oxygen atoms in total. The zero-order valence-electron chi connectivity index (χ0n) is 16.8. The van der Waals surface area contributed by atoms with Gasteiger partial charge in [-0.25, -0.2) is 4.98 Å². The summed E-state index contributed by atoms with van der Waals surface area (Å²) >= 11 is 6.05. The summed E-state index contributed by atoms with van der Waals surface area (Å²) in [5.74, 6) is 3.11. The number of nitrogens with one attached hydrogen (secondary N) is 1. The number of aromatic nitrogens is 2. The molecule has 1 saturated heterocycles. The van der Waals surface area contributed by atoms with E-state index in [-0.39, 0.29) is 0 Å². The molecule has 0 unspecified atom stereocenters. The third kappa shape index (κ3) is 3.28. The maximum Gasteiger partial charge on any atom is 0.181 e. The smallest absolute Gasteiger partial charge is 0.181 e. The van der Waals surface area contributed by atoms with Crippen molar-refractivity contribution >= 4 is 17.3 Å². The zero-order chi connectivity index (χ0) is 20.8. The maximum atomic E-state index is 6.31. The first-order valence-corrected chi connectivity index (χ1v) is 10.8. The second-order valence-electron chi connectivity index (χ2n) is 7.77. The van der Waals surface area contributed by atoms with Crippen LogP contribution in [0.3, 0.4) is 0 Å². The Balaban J connectivity index is 1.42. The van der Waals surface area contributed by atoms with E-state index in [0.29, 0.717) is 11.6 Å². The molecular formula is C24H21ClN4O2. The predicted molar refractivity (Wildman–Crippen MR) is 121 cm³/mol. The number of halogens is 1. The molecule has 4 heterocycles. The van der Waals surface area contributed by atoms with Crippen molar-refractivity contribution in [2.45, 2.75) is 6.61 Å². The van der Waals surface area contributed by atoms with Crippen molar-refractivity contribution < 1.29 is 9.15 Å².